The van der Waals surface area contributed by atoms with Crippen LogP contribution in [0.2, 0.25) is 0 Å². The van der Waals surface area contributed by atoms with Crippen molar-refractivity contribution in [3.8, 4) is 0 Å². The standard InChI is InChI=1S/C14H8F3IN4O/c15-14(16,17)9-3-1-2-8(6-9)13(23)20-11-7-22-12(19-11)5-4-10(18)21-22/h1-7H,(H,20,23). The van der Waals surface area contributed by atoms with Gasteiger partial charge in [0.2, 0.25) is 0 Å². The summed E-state index contributed by atoms with van der Waals surface area (Å²) < 4.78 is 40.3. The highest BCUT2D eigenvalue weighted by atomic mass is 127. The first-order chi connectivity index (χ1) is 10.8. The van der Waals surface area contributed by atoms with Gasteiger partial charge in [0.1, 0.15) is 3.70 Å². The number of imidazole rings is 1. The number of carbonyl (C=O) groups excluding carboxylic acids is 1. The van der Waals surface area contributed by atoms with Crippen LogP contribution < -0.4 is 5.32 Å². The predicted molar refractivity (Wildman–Crippen MR) is 85.1 cm³/mol. The maximum Gasteiger partial charge on any atom is 0.416 e. The molecule has 1 amide bonds. The summed E-state index contributed by atoms with van der Waals surface area (Å²) >= 11 is 2.03. The van der Waals surface area contributed by atoms with Gasteiger partial charge in [-0.25, -0.2) is 9.50 Å². The van der Waals surface area contributed by atoms with Crippen LogP contribution in [0.25, 0.3) is 5.65 Å². The van der Waals surface area contributed by atoms with Crippen molar-refractivity contribution in [1.29, 1.82) is 0 Å². The minimum absolute atomic E-state index is 0.0978. The Bertz CT molecular complexity index is 891. The number of amides is 1. The SMILES string of the molecule is O=C(Nc1cn2nc(I)ccc2n1)c1cccc(C(F)(F)F)c1. The van der Waals surface area contributed by atoms with E-state index in [1.165, 1.54) is 22.8 Å². The second kappa shape index (κ2) is 5.80. The number of halogens is 4. The highest BCUT2D eigenvalue weighted by molar-refractivity contribution is 14.1. The number of alkyl halides is 3. The highest BCUT2D eigenvalue weighted by Gasteiger charge is 2.30. The fourth-order valence-corrected chi connectivity index (χ4v) is 2.36. The number of aromatic nitrogens is 3. The molecule has 0 aliphatic rings. The molecule has 0 radical (unpaired) electrons. The summed E-state index contributed by atoms with van der Waals surface area (Å²) in [5.41, 5.74) is -0.458. The van der Waals surface area contributed by atoms with Crippen LogP contribution in [0.3, 0.4) is 0 Å². The average Bonchev–Trinajstić information content (AvgIpc) is 2.87. The third-order valence-corrected chi connectivity index (χ3v) is 3.56. The van der Waals surface area contributed by atoms with E-state index >= 15 is 0 Å². The molecule has 0 unspecified atom stereocenters. The van der Waals surface area contributed by atoms with Crippen LogP contribution in [0.1, 0.15) is 15.9 Å². The number of nitrogens with zero attached hydrogens (tertiary/aromatic N) is 3. The van der Waals surface area contributed by atoms with Gasteiger partial charge in [-0.05, 0) is 52.9 Å². The monoisotopic (exact) mass is 432 g/mol. The number of hydrogen-bond donors (Lipinski definition) is 1. The molecule has 0 fully saturated rings. The third-order valence-electron chi connectivity index (χ3n) is 2.98. The van der Waals surface area contributed by atoms with Crippen LogP contribution in [-0.4, -0.2) is 20.5 Å². The zero-order chi connectivity index (χ0) is 16.6. The molecular formula is C14H8F3IN4O. The molecular weight excluding hydrogens is 424 g/mol. The number of hydrogen-bond acceptors (Lipinski definition) is 3. The lowest BCUT2D eigenvalue weighted by Gasteiger charge is -2.08. The van der Waals surface area contributed by atoms with E-state index in [0.717, 1.165) is 15.8 Å². The van der Waals surface area contributed by atoms with E-state index in [1.807, 2.05) is 22.6 Å². The number of nitrogens with one attached hydrogen (secondary N) is 1. The summed E-state index contributed by atoms with van der Waals surface area (Å²) in [4.78, 5) is 16.2. The lowest BCUT2D eigenvalue weighted by Crippen LogP contribution is -2.14. The summed E-state index contributed by atoms with van der Waals surface area (Å²) in [7, 11) is 0. The van der Waals surface area contributed by atoms with E-state index in [2.05, 4.69) is 15.4 Å². The smallest absolute Gasteiger partial charge is 0.305 e. The number of fused-ring (bicyclic) bond motifs is 1. The number of carbonyl (C=O) groups is 1. The molecule has 1 aromatic carbocycles. The van der Waals surface area contributed by atoms with Crippen LogP contribution in [0.4, 0.5) is 19.0 Å². The van der Waals surface area contributed by atoms with E-state index < -0.39 is 17.6 Å². The summed E-state index contributed by atoms with van der Waals surface area (Å²) in [5, 5.41) is 6.63. The van der Waals surface area contributed by atoms with Crippen molar-refractivity contribution in [2.24, 2.45) is 0 Å². The van der Waals surface area contributed by atoms with Crippen molar-refractivity contribution in [1.82, 2.24) is 14.6 Å². The van der Waals surface area contributed by atoms with Crippen LogP contribution in [0.15, 0.2) is 42.6 Å². The normalized spacial score (nSPS) is 11.7. The van der Waals surface area contributed by atoms with Gasteiger partial charge in [-0.1, -0.05) is 6.07 Å². The van der Waals surface area contributed by atoms with Gasteiger partial charge in [-0.2, -0.15) is 18.3 Å². The van der Waals surface area contributed by atoms with Crippen molar-refractivity contribution in [3.05, 3.63) is 57.4 Å². The average molecular weight is 432 g/mol. The first kappa shape index (κ1) is 15.7. The maximum atomic E-state index is 12.7. The number of benzene rings is 1. The zero-order valence-electron chi connectivity index (χ0n) is 11.3. The molecule has 3 rings (SSSR count). The maximum absolute atomic E-state index is 12.7. The van der Waals surface area contributed by atoms with Crippen molar-refractivity contribution in [3.63, 3.8) is 0 Å². The fourth-order valence-electron chi connectivity index (χ4n) is 1.94. The van der Waals surface area contributed by atoms with Gasteiger partial charge in [-0.3, -0.25) is 4.79 Å². The topological polar surface area (TPSA) is 59.3 Å². The van der Waals surface area contributed by atoms with Crippen molar-refractivity contribution in [2.75, 3.05) is 5.32 Å². The molecule has 23 heavy (non-hydrogen) atoms. The molecule has 2 aromatic heterocycles. The lowest BCUT2D eigenvalue weighted by molar-refractivity contribution is -0.137. The molecule has 5 nitrogen and oxygen atoms in total. The predicted octanol–water partition coefficient (Wildman–Crippen LogP) is 3.61. The summed E-state index contributed by atoms with van der Waals surface area (Å²) in [6.45, 7) is 0. The van der Waals surface area contributed by atoms with Crippen molar-refractivity contribution < 1.29 is 18.0 Å². The molecule has 0 aliphatic heterocycles. The molecule has 0 spiro atoms. The van der Waals surface area contributed by atoms with Crippen molar-refractivity contribution >= 4 is 40.0 Å². The largest absolute Gasteiger partial charge is 0.416 e. The Kier molecular flexibility index (Phi) is 3.96. The van der Waals surface area contributed by atoms with E-state index in [0.29, 0.717) is 5.65 Å². The van der Waals surface area contributed by atoms with E-state index in [-0.39, 0.29) is 11.4 Å². The van der Waals surface area contributed by atoms with Crippen LogP contribution >= 0.6 is 22.6 Å². The quantitative estimate of drug-likeness (QED) is 0.630. The van der Waals surface area contributed by atoms with E-state index in [4.69, 9.17) is 0 Å². The highest BCUT2D eigenvalue weighted by Crippen LogP contribution is 2.29. The summed E-state index contributed by atoms with van der Waals surface area (Å²) in [6, 6.07) is 7.67. The molecule has 0 bridgehead atoms. The Morgan fingerprint density at radius 1 is 1.22 bits per heavy atom. The van der Waals surface area contributed by atoms with E-state index in [9.17, 15) is 18.0 Å². The second-order valence-corrected chi connectivity index (χ2v) is 5.72. The van der Waals surface area contributed by atoms with Gasteiger partial charge in [-0.15, -0.1) is 0 Å². The zero-order valence-corrected chi connectivity index (χ0v) is 13.5. The van der Waals surface area contributed by atoms with Crippen LogP contribution in [-0.2, 0) is 6.18 Å². The van der Waals surface area contributed by atoms with Crippen LogP contribution in [0, 0.1) is 3.70 Å². The Hall–Kier alpha value is -2.17. The van der Waals surface area contributed by atoms with Gasteiger partial charge in [0.05, 0.1) is 11.8 Å². The summed E-state index contributed by atoms with van der Waals surface area (Å²) in [6.07, 6.45) is -3.01. The van der Waals surface area contributed by atoms with Gasteiger partial charge in [0.25, 0.3) is 5.91 Å². The molecule has 0 aliphatic carbocycles. The first-order valence-corrected chi connectivity index (χ1v) is 7.41. The molecule has 0 saturated heterocycles. The minimum Gasteiger partial charge on any atom is -0.305 e. The second-order valence-electron chi connectivity index (χ2n) is 4.62. The van der Waals surface area contributed by atoms with Gasteiger partial charge >= 0.3 is 6.18 Å². The minimum atomic E-state index is -4.50. The fraction of sp³-hybridized carbons (Fsp3) is 0.0714. The molecule has 0 atom stereocenters. The molecule has 0 saturated carbocycles. The summed E-state index contributed by atoms with van der Waals surface area (Å²) in [5.74, 6) is -0.462. The third kappa shape index (κ3) is 3.44. The van der Waals surface area contributed by atoms with Crippen LogP contribution in [0.5, 0.6) is 0 Å². The number of rotatable bonds is 2. The van der Waals surface area contributed by atoms with E-state index in [1.54, 1.807) is 12.1 Å². The molecule has 9 heteroatoms. The molecule has 2 heterocycles. The number of anilines is 1. The first-order valence-electron chi connectivity index (χ1n) is 6.33. The molecule has 118 valence electrons. The molecule has 1 N–H and O–H groups in total. The Balaban J connectivity index is 1.85. The van der Waals surface area contributed by atoms with Gasteiger partial charge < -0.3 is 5.32 Å². The van der Waals surface area contributed by atoms with Gasteiger partial charge in [0.15, 0.2) is 11.5 Å². The Morgan fingerprint density at radius 2 is 2.00 bits per heavy atom. The lowest BCUT2D eigenvalue weighted by atomic mass is 10.1. The Morgan fingerprint density at radius 3 is 2.74 bits per heavy atom. The Labute approximate surface area is 141 Å². The van der Waals surface area contributed by atoms with Crippen molar-refractivity contribution in [2.45, 2.75) is 6.18 Å². The molecule has 3 aromatic rings. The van der Waals surface area contributed by atoms with Gasteiger partial charge in [0, 0.05) is 5.56 Å².